The van der Waals surface area contributed by atoms with E-state index in [9.17, 15) is 4.79 Å². The molecule has 1 aromatic heterocycles. The molecular weight excluding hydrogens is 266 g/mol. The molecule has 0 aromatic carbocycles. The number of nitrogens with zero attached hydrogens (tertiary/aromatic N) is 5. The molecule has 1 amide bonds. The van der Waals surface area contributed by atoms with Crippen molar-refractivity contribution in [2.45, 2.75) is 51.1 Å². The minimum atomic E-state index is -0.221. The molecule has 1 spiro atoms. The van der Waals surface area contributed by atoms with Crippen LogP contribution in [0.2, 0.25) is 0 Å². The van der Waals surface area contributed by atoms with Gasteiger partial charge in [-0.2, -0.15) is 0 Å². The molecule has 3 rings (SSSR count). The van der Waals surface area contributed by atoms with E-state index in [2.05, 4.69) is 26.9 Å². The Bertz CT molecular complexity index is 472. The minimum Gasteiger partial charge on any atom is -0.341 e. The second-order valence-electron chi connectivity index (χ2n) is 6.22. The van der Waals surface area contributed by atoms with Gasteiger partial charge in [0.2, 0.25) is 5.91 Å². The summed E-state index contributed by atoms with van der Waals surface area (Å²) in [7, 11) is 0. The van der Waals surface area contributed by atoms with Gasteiger partial charge in [-0.3, -0.25) is 9.69 Å². The summed E-state index contributed by atoms with van der Waals surface area (Å²) < 4.78 is 1.99. The fourth-order valence-corrected chi connectivity index (χ4v) is 3.91. The molecule has 0 saturated carbocycles. The van der Waals surface area contributed by atoms with E-state index in [0.29, 0.717) is 5.91 Å². The van der Waals surface area contributed by atoms with Crippen LogP contribution in [0.3, 0.4) is 0 Å². The summed E-state index contributed by atoms with van der Waals surface area (Å²) in [5, 5.41) is 7.68. The number of carbonyl (C=O) groups excluding carboxylic acids is 1. The lowest BCUT2D eigenvalue weighted by atomic mass is 9.85. The zero-order chi connectivity index (χ0) is 14.7. The summed E-state index contributed by atoms with van der Waals surface area (Å²) in [5.74, 6) is 0.372. The maximum absolute atomic E-state index is 13.0. The van der Waals surface area contributed by atoms with Crippen LogP contribution in [0, 0.1) is 0 Å². The first-order valence-corrected chi connectivity index (χ1v) is 8.13. The van der Waals surface area contributed by atoms with Crippen molar-refractivity contribution in [3.05, 3.63) is 12.7 Å². The number of hydrogen-bond acceptors (Lipinski definition) is 4. The maximum atomic E-state index is 13.0. The van der Waals surface area contributed by atoms with Crippen LogP contribution in [0.4, 0.5) is 0 Å². The molecule has 2 saturated heterocycles. The van der Waals surface area contributed by atoms with E-state index in [1.54, 1.807) is 12.7 Å². The number of likely N-dealkylation sites (tertiary alicyclic amines) is 2. The maximum Gasteiger partial charge on any atom is 0.243 e. The summed E-state index contributed by atoms with van der Waals surface area (Å²) >= 11 is 0. The highest BCUT2D eigenvalue weighted by molar-refractivity contribution is 5.87. The highest BCUT2D eigenvalue weighted by Gasteiger charge is 2.50. The van der Waals surface area contributed by atoms with Gasteiger partial charge in [-0.1, -0.05) is 6.92 Å². The van der Waals surface area contributed by atoms with Gasteiger partial charge in [-0.15, -0.1) is 10.2 Å². The number of amides is 1. The number of aromatic nitrogens is 3. The Morgan fingerprint density at radius 1 is 1.10 bits per heavy atom. The predicted molar refractivity (Wildman–Crippen MR) is 79.7 cm³/mol. The van der Waals surface area contributed by atoms with E-state index in [0.717, 1.165) is 64.8 Å². The van der Waals surface area contributed by atoms with Crippen LogP contribution in [-0.4, -0.2) is 62.2 Å². The SMILES string of the molecule is CCCN1CCCC2(CCCN2CCn2cnnc2)C1=O. The van der Waals surface area contributed by atoms with Gasteiger partial charge in [0, 0.05) is 26.2 Å². The number of piperidine rings is 1. The number of rotatable bonds is 5. The van der Waals surface area contributed by atoms with E-state index >= 15 is 0 Å². The topological polar surface area (TPSA) is 54.3 Å². The normalized spacial score (nSPS) is 26.9. The summed E-state index contributed by atoms with van der Waals surface area (Å²) in [5.41, 5.74) is -0.221. The molecule has 1 unspecified atom stereocenters. The van der Waals surface area contributed by atoms with Gasteiger partial charge in [0.1, 0.15) is 18.2 Å². The summed E-state index contributed by atoms with van der Waals surface area (Å²) in [4.78, 5) is 17.5. The van der Waals surface area contributed by atoms with Gasteiger partial charge in [0.25, 0.3) is 0 Å². The lowest BCUT2D eigenvalue weighted by Crippen LogP contribution is -2.60. The highest BCUT2D eigenvalue weighted by atomic mass is 16.2. The van der Waals surface area contributed by atoms with E-state index in [1.807, 2.05) is 4.57 Å². The molecular formula is C15H25N5O. The zero-order valence-electron chi connectivity index (χ0n) is 12.9. The Morgan fingerprint density at radius 3 is 2.52 bits per heavy atom. The van der Waals surface area contributed by atoms with Crippen molar-refractivity contribution in [2.75, 3.05) is 26.2 Å². The van der Waals surface area contributed by atoms with Crippen molar-refractivity contribution in [2.24, 2.45) is 0 Å². The summed E-state index contributed by atoms with van der Waals surface area (Å²) in [6.45, 7) is 6.79. The molecule has 1 aromatic rings. The van der Waals surface area contributed by atoms with E-state index in [1.165, 1.54) is 0 Å². The number of hydrogen-bond donors (Lipinski definition) is 0. The Morgan fingerprint density at radius 2 is 1.81 bits per heavy atom. The first-order valence-electron chi connectivity index (χ1n) is 8.13. The van der Waals surface area contributed by atoms with Gasteiger partial charge in [0.15, 0.2) is 0 Å². The monoisotopic (exact) mass is 291 g/mol. The molecule has 2 aliphatic heterocycles. The summed E-state index contributed by atoms with van der Waals surface area (Å²) in [6.07, 6.45) is 8.84. The van der Waals surface area contributed by atoms with Crippen molar-refractivity contribution >= 4 is 5.91 Å². The van der Waals surface area contributed by atoms with E-state index < -0.39 is 0 Å². The standard InChI is InChI=1S/C15H25N5O/c1-2-7-19-8-3-5-15(14(19)21)6-4-9-20(15)11-10-18-12-16-17-13-18/h12-13H,2-11H2,1H3. The minimum absolute atomic E-state index is 0.221. The number of carbonyl (C=O) groups is 1. The van der Waals surface area contributed by atoms with E-state index in [4.69, 9.17) is 0 Å². The van der Waals surface area contributed by atoms with Crippen LogP contribution >= 0.6 is 0 Å². The molecule has 6 nitrogen and oxygen atoms in total. The van der Waals surface area contributed by atoms with Gasteiger partial charge in [0.05, 0.1) is 0 Å². The fraction of sp³-hybridized carbons (Fsp3) is 0.800. The van der Waals surface area contributed by atoms with Crippen molar-refractivity contribution in [1.82, 2.24) is 24.6 Å². The molecule has 0 bridgehead atoms. The third-order valence-corrected chi connectivity index (χ3v) is 4.92. The first-order chi connectivity index (χ1) is 10.3. The highest BCUT2D eigenvalue weighted by Crippen LogP contribution is 2.38. The zero-order valence-corrected chi connectivity index (χ0v) is 12.9. The Labute approximate surface area is 126 Å². The lowest BCUT2D eigenvalue weighted by molar-refractivity contribution is -0.147. The molecule has 0 aliphatic carbocycles. The van der Waals surface area contributed by atoms with Gasteiger partial charge in [-0.05, 0) is 38.6 Å². The van der Waals surface area contributed by atoms with Crippen LogP contribution in [-0.2, 0) is 11.3 Å². The molecule has 1 atom stereocenters. The Hall–Kier alpha value is -1.43. The molecule has 2 fully saturated rings. The van der Waals surface area contributed by atoms with Crippen LogP contribution in [0.15, 0.2) is 12.7 Å². The Balaban J connectivity index is 1.70. The third-order valence-electron chi connectivity index (χ3n) is 4.92. The smallest absolute Gasteiger partial charge is 0.243 e. The van der Waals surface area contributed by atoms with Crippen LogP contribution in [0.5, 0.6) is 0 Å². The molecule has 21 heavy (non-hydrogen) atoms. The first kappa shape index (κ1) is 14.5. The Kier molecular flexibility index (Phi) is 4.24. The molecule has 6 heteroatoms. The van der Waals surface area contributed by atoms with Crippen molar-refractivity contribution in [3.8, 4) is 0 Å². The largest absolute Gasteiger partial charge is 0.341 e. The third kappa shape index (κ3) is 2.69. The fourth-order valence-electron chi connectivity index (χ4n) is 3.91. The molecule has 116 valence electrons. The van der Waals surface area contributed by atoms with Crippen LogP contribution in [0.1, 0.15) is 39.0 Å². The average molecular weight is 291 g/mol. The van der Waals surface area contributed by atoms with Gasteiger partial charge in [-0.25, -0.2) is 0 Å². The average Bonchev–Trinajstić information content (AvgIpc) is 3.12. The molecule has 3 heterocycles. The second-order valence-corrected chi connectivity index (χ2v) is 6.22. The van der Waals surface area contributed by atoms with Gasteiger partial charge >= 0.3 is 0 Å². The van der Waals surface area contributed by atoms with Crippen LogP contribution < -0.4 is 0 Å². The van der Waals surface area contributed by atoms with E-state index in [-0.39, 0.29) is 5.54 Å². The molecule has 0 N–H and O–H groups in total. The van der Waals surface area contributed by atoms with Crippen LogP contribution in [0.25, 0.3) is 0 Å². The van der Waals surface area contributed by atoms with Gasteiger partial charge < -0.3 is 9.47 Å². The quantitative estimate of drug-likeness (QED) is 0.816. The summed E-state index contributed by atoms with van der Waals surface area (Å²) in [6, 6.07) is 0. The molecule has 0 radical (unpaired) electrons. The van der Waals surface area contributed by atoms with Crippen molar-refractivity contribution < 1.29 is 4.79 Å². The second kappa shape index (κ2) is 6.13. The van der Waals surface area contributed by atoms with Crippen molar-refractivity contribution in [3.63, 3.8) is 0 Å². The lowest BCUT2D eigenvalue weighted by Gasteiger charge is -2.44. The molecule has 2 aliphatic rings. The predicted octanol–water partition coefficient (Wildman–Crippen LogP) is 1.15. The van der Waals surface area contributed by atoms with Crippen molar-refractivity contribution in [1.29, 1.82) is 0 Å².